The number of amidine groups is 1. The molecule has 3 N–H and O–H groups in total. The standard InChI is InChI=1S/C12H15N5S/c1-7-4-5-15-12(10(7)11(13)14)18-9-6-8(2)16-17(9)3/h4-6H,1-3H3,(H3,13,14). The van der Waals surface area contributed by atoms with Gasteiger partial charge in [-0.2, -0.15) is 5.10 Å². The summed E-state index contributed by atoms with van der Waals surface area (Å²) in [6, 6.07) is 3.84. The lowest BCUT2D eigenvalue weighted by Gasteiger charge is -2.09. The van der Waals surface area contributed by atoms with Gasteiger partial charge in [-0.15, -0.1) is 0 Å². The quantitative estimate of drug-likeness (QED) is 0.653. The fraction of sp³-hybridized carbons (Fsp3) is 0.250. The predicted molar refractivity (Wildman–Crippen MR) is 72.1 cm³/mol. The molecule has 0 aliphatic heterocycles. The van der Waals surface area contributed by atoms with Crippen molar-refractivity contribution in [2.24, 2.45) is 12.8 Å². The molecule has 0 spiro atoms. The van der Waals surface area contributed by atoms with Crippen LogP contribution in [-0.2, 0) is 7.05 Å². The molecule has 2 aromatic heterocycles. The maximum absolute atomic E-state index is 7.64. The number of nitrogens with zero attached hydrogens (tertiary/aromatic N) is 3. The third-order valence-electron chi connectivity index (χ3n) is 2.55. The Kier molecular flexibility index (Phi) is 3.38. The van der Waals surface area contributed by atoms with E-state index in [0.717, 1.165) is 21.3 Å². The van der Waals surface area contributed by atoms with E-state index in [1.54, 1.807) is 10.9 Å². The van der Waals surface area contributed by atoms with Crippen molar-refractivity contribution in [3.05, 3.63) is 35.2 Å². The Bertz CT molecular complexity index is 603. The smallest absolute Gasteiger partial charge is 0.125 e. The van der Waals surface area contributed by atoms with Crippen molar-refractivity contribution in [1.82, 2.24) is 14.8 Å². The van der Waals surface area contributed by atoms with E-state index < -0.39 is 0 Å². The van der Waals surface area contributed by atoms with Gasteiger partial charge in [-0.1, -0.05) is 0 Å². The Hall–Kier alpha value is -1.82. The maximum Gasteiger partial charge on any atom is 0.125 e. The Balaban J connectivity index is 2.43. The lowest BCUT2D eigenvalue weighted by Crippen LogP contribution is -2.15. The van der Waals surface area contributed by atoms with E-state index in [0.29, 0.717) is 5.56 Å². The van der Waals surface area contributed by atoms with Gasteiger partial charge in [0.2, 0.25) is 0 Å². The second-order valence-electron chi connectivity index (χ2n) is 4.07. The van der Waals surface area contributed by atoms with Gasteiger partial charge in [0.15, 0.2) is 0 Å². The predicted octanol–water partition coefficient (Wildman–Crippen LogP) is 1.87. The molecule has 2 heterocycles. The third kappa shape index (κ3) is 2.38. The van der Waals surface area contributed by atoms with Crippen molar-refractivity contribution in [2.75, 3.05) is 0 Å². The number of nitrogens with one attached hydrogen (secondary N) is 1. The van der Waals surface area contributed by atoms with E-state index in [4.69, 9.17) is 11.1 Å². The minimum Gasteiger partial charge on any atom is -0.384 e. The van der Waals surface area contributed by atoms with E-state index >= 15 is 0 Å². The Morgan fingerprint density at radius 1 is 1.44 bits per heavy atom. The molecule has 0 radical (unpaired) electrons. The molecule has 0 atom stereocenters. The van der Waals surface area contributed by atoms with Crippen molar-refractivity contribution < 1.29 is 0 Å². The van der Waals surface area contributed by atoms with Crippen molar-refractivity contribution in [3.8, 4) is 0 Å². The summed E-state index contributed by atoms with van der Waals surface area (Å²) < 4.78 is 1.80. The summed E-state index contributed by atoms with van der Waals surface area (Å²) in [5.74, 6) is 0.0435. The van der Waals surface area contributed by atoms with Crippen molar-refractivity contribution in [3.63, 3.8) is 0 Å². The number of aromatic nitrogens is 3. The monoisotopic (exact) mass is 261 g/mol. The largest absolute Gasteiger partial charge is 0.384 e. The molecule has 2 aromatic rings. The number of nitrogen functional groups attached to an aromatic ring is 1. The average Bonchev–Trinajstić information content (AvgIpc) is 2.57. The zero-order valence-corrected chi connectivity index (χ0v) is 11.4. The first-order valence-corrected chi connectivity index (χ1v) is 6.29. The SMILES string of the molecule is Cc1cc(Sc2nccc(C)c2C(=N)N)n(C)n1. The van der Waals surface area contributed by atoms with E-state index in [-0.39, 0.29) is 5.84 Å². The van der Waals surface area contributed by atoms with Crippen LogP contribution in [0, 0.1) is 19.3 Å². The van der Waals surface area contributed by atoms with Gasteiger partial charge in [-0.25, -0.2) is 4.98 Å². The zero-order valence-electron chi connectivity index (χ0n) is 10.6. The molecule has 0 amide bonds. The maximum atomic E-state index is 7.64. The lowest BCUT2D eigenvalue weighted by atomic mass is 10.1. The average molecular weight is 261 g/mol. The van der Waals surface area contributed by atoms with Crippen molar-refractivity contribution in [1.29, 1.82) is 5.41 Å². The molecule has 0 aliphatic rings. The van der Waals surface area contributed by atoms with Crippen LogP contribution < -0.4 is 5.73 Å². The summed E-state index contributed by atoms with van der Waals surface area (Å²) in [6.45, 7) is 3.87. The minimum atomic E-state index is 0.0435. The molecule has 0 saturated heterocycles. The zero-order chi connectivity index (χ0) is 13.3. The highest BCUT2D eigenvalue weighted by Gasteiger charge is 2.13. The number of pyridine rings is 1. The van der Waals surface area contributed by atoms with E-state index in [9.17, 15) is 0 Å². The van der Waals surface area contributed by atoms with Gasteiger partial charge in [-0.05, 0) is 43.3 Å². The van der Waals surface area contributed by atoms with Crippen LogP contribution >= 0.6 is 11.8 Å². The second-order valence-corrected chi connectivity index (χ2v) is 5.08. The fourth-order valence-electron chi connectivity index (χ4n) is 1.72. The Morgan fingerprint density at radius 2 is 2.17 bits per heavy atom. The first kappa shape index (κ1) is 12.6. The molecule has 2 rings (SSSR count). The third-order valence-corrected chi connectivity index (χ3v) is 3.65. The molecule has 18 heavy (non-hydrogen) atoms. The number of hydrogen-bond donors (Lipinski definition) is 2. The van der Waals surface area contributed by atoms with Crippen molar-refractivity contribution in [2.45, 2.75) is 23.9 Å². The fourth-order valence-corrected chi connectivity index (χ4v) is 2.81. The van der Waals surface area contributed by atoms with Crippen LogP contribution in [-0.4, -0.2) is 20.6 Å². The molecule has 0 aromatic carbocycles. The van der Waals surface area contributed by atoms with Crippen LogP contribution in [0.4, 0.5) is 0 Å². The lowest BCUT2D eigenvalue weighted by molar-refractivity contribution is 0.692. The number of nitrogens with two attached hydrogens (primary N) is 1. The highest BCUT2D eigenvalue weighted by atomic mass is 32.2. The second kappa shape index (κ2) is 4.81. The first-order chi connectivity index (χ1) is 8.49. The van der Waals surface area contributed by atoms with E-state index in [1.807, 2.05) is 33.0 Å². The van der Waals surface area contributed by atoms with E-state index in [1.165, 1.54) is 11.8 Å². The molecule has 6 heteroatoms. The summed E-state index contributed by atoms with van der Waals surface area (Å²) in [5, 5.41) is 13.7. The molecule has 0 saturated carbocycles. The van der Waals surface area contributed by atoms with Crippen LogP contribution in [0.3, 0.4) is 0 Å². The highest BCUT2D eigenvalue weighted by Crippen LogP contribution is 2.29. The van der Waals surface area contributed by atoms with Gasteiger partial charge >= 0.3 is 0 Å². The van der Waals surface area contributed by atoms with Crippen LogP contribution in [0.15, 0.2) is 28.4 Å². The van der Waals surface area contributed by atoms with Gasteiger partial charge in [0, 0.05) is 13.2 Å². The van der Waals surface area contributed by atoms with Gasteiger partial charge < -0.3 is 5.73 Å². The summed E-state index contributed by atoms with van der Waals surface area (Å²) >= 11 is 1.47. The highest BCUT2D eigenvalue weighted by molar-refractivity contribution is 7.99. The van der Waals surface area contributed by atoms with Crippen LogP contribution in [0.1, 0.15) is 16.8 Å². The molecule has 0 unspecified atom stereocenters. The number of rotatable bonds is 3. The first-order valence-electron chi connectivity index (χ1n) is 5.47. The van der Waals surface area contributed by atoms with Crippen molar-refractivity contribution >= 4 is 17.6 Å². The summed E-state index contributed by atoms with van der Waals surface area (Å²) in [6.07, 6.45) is 1.73. The number of aryl methyl sites for hydroxylation is 3. The Labute approximate surface area is 110 Å². The van der Waals surface area contributed by atoms with Crippen LogP contribution in [0.2, 0.25) is 0 Å². The van der Waals surface area contributed by atoms with Gasteiger partial charge in [0.05, 0.1) is 11.3 Å². The van der Waals surface area contributed by atoms with Gasteiger partial charge in [0.25, 0.3) is 0 Å². The molecule has 5 nitrogen and oxygen atoms in total. The van der Waals surface area contributed by atoms with Gasteiger partial charge in [0.1, 0.15) is 15.9 Å². The normalized spacial score (nSPS) is 10.6. The minimum absolute atomic E-state index is 0.0435. The molecular weight excluding hydrogens is 246 g/mol. The van der Waals surface area contributed by atoms with Gasteiger partial charge in [-0.3, -0.25) is 10.1 Å². The molecule has 0 bridgehead atoms. The van der Waals surface area contributed by atoms with Crippen LogP contribution in [0.5, 0.6) is 0 Å². The van der Waals surface area contributed by atoms with Crippen LogP contribution in [0.25, 0.3) is 0 Å². The topological polar surface area (TPSA) is 80.6 Å². The van der Waals surface area contributed by atoms with E-state index in [2.05, 4.69) is 10.1 Å². The molecule has 0 fully saturated rings. The molecular formula is C12H15N5S. The summed E-state index contributed by atoms with van der Waals surface area (Å²) in [7, 11) is 1.89. The number of hydrogen-bond acceptors (Lipinski definition) is 4. The summed E-state index contributed by atoms with van der Waals surface area (Å²) in [4.78, 5) is 4.31. The Morgan fingerprint density at radius 3 is 2.72 bits per heavy atom. The molecule has 0 aliphatic carbocycles. The summed E-state index contributed by atoms with van der Waals surface area (Å²) in [5.41, 5.74) is 8.23. The molecule has 94 valence electrons.